The van der Waals surface area contributed by atoms with Crippen molar-refractivity contribution in [3.63, 3.8) is 0 Å². The Morgan fingerprint density at radius 1 is 1.17 bits per heavy atom. The van der Waals surface area contributed by atoms with Crippen LogP contribution < -0.4 is 4.90 Å². The van der Waals surface area contributed by atoms with Gasteiger partial charge in [0.15, 0.2) is 0 Å². The molecule has 0 N–H and O–H groups in total. The summed E-state index contributed by atoms with van der Waals surface area (Å²) in [6.45, 7) is 0.940. The van der Waals surface area contributed by atoms with Gasteiger partial charge in [-0.15, -0.1) is 0 Å². The van der Waals surface area contributed by atoms with Crippen molar-refractivity contribution in [1.82, 2.24) is 0 Å². The van der Waals surface area contributed by atoms with E-state index in [0.717, 1.165) is 0 Å². The summed E-state index contributed by atoms with van der Waals surface area (Å²) in [5, 5.41) is 11.4. The highest BCUT2D eigenvalue weighted by Crippen LogP contribution is 2.37. The van der Waals surface area contributed by atoms with Gasteiger partial charge >= 0.3 is 0 Å². The van der Waals surface area contributed by atoms with E-state index in [9.17, 15) is 14.9 Å². The minimum Gasteiger partial charge on any atom is -0.365 e. The molecule has 0 aromatic heterocycles. The average Bonchev–Trinajstić information content (AvgIpc) is 2.33. The van der Waals surface area contributed by atoms with E-state index >= 15 is 0 Å². The minimum atomic E-state index is -0.492. The van der Waals surface area contributed by atoms with Gasteiger partial charge in [-0.3, -0.25) is 14.9 Å². The van der Waals surface area contributed by atoms with Crippen molar-refractivity contribution in [3.8, 4) is 0 Å². The molecule has 2 rings (SSSR count). The van der Waals surface area contributed by atoms with Gasteiger partial charge in [-0.1, -0.05) is 23.2 Å². The van der Waals surface area contributed by atoms with Crippen molar-refractivity contribution in [1.29, 1.82) is 0 Å². The highest BCUT2D eigenvalue weighted by molar-refractivity contribution is 6.42. The Kier molecular flexibility index (Phi) is 3.73. The second-order valence-electron chi connectivity index (χ2n) is 4.04. The van der Waals surface area contributed by atoms with Crippen LogP contribution in [0.2, 0.25) is 10.0 Å². The fourth-order valence-corrected chi connectivity index (χ4v) is 2.24. The summed E-state index contributed by atoms with van der Waals surface area (Å²) in [5.41, 5.74) is 0.334. The molecule has 1 fully saturated rings. The van der Waals surface area contributed by atoms with Gasteiger partial charge < -0.3 is 4.90 Å². The molecule has 0 saturated carbocycles. The number of benzene rings is 1. The molecule has 18 heavy (non-hydrogen) atoms. The Hall–Kier alpha value is -1.33. The van der Waals surface area contributed by atoms with Gasteiger partial charge in [0.25, 0.3) is 5.69 Å². The Labute approximate surface area is 113 Å². The number of nitro benzene ring substituents is 1. The second-order valence-corrected chi connectivity index (χ2v) is 4.85. The monoisotopic (exact) mass is 288 g/mol. The van der Waals surface area contributed by atoms with Gasteiger partial charge in [0.1, 0.15) is 11.5 Å². The molecular formula is C11H10Cl2N2O3. The summed E-state index contributed by atoms with van der Waals surface area (Å²) in [6.07, 6.45) is 0.800. The van der Waals surface area contributed by atoms with Crippen molar-refractivity contribution < 1.29 is 9.72 Å². The van der Waals surface area contributed by atoms with Crippen LogP contribution in [0.15, 0.2) is 12.1 Å². The fraction of sp³-hybridized carbons (Fsp3) is 0.364. The normalized spacial score (nSPS) is 15.9. The van der Waals surface area contributed by atoms with Crippen LogP contribution >= 0.6 is 23.2 Å². The Balaban J connectivity index is 2.39. The molecule has 1 heterocycles. The number of nitro groups is 1. The molecule has 0 amide bonds. The number of rotatable bonds is 2. The molecule has 1 saturated heterocycles. The fourth-order valence-electron chi connectivity index (χ4n) is 1.92. The zero-order valence-corrected chi connectivity index (χ0v) is 10.9. The third-order valence-corrected chi connectivity index (χ3v) is 3.60. The lowest BCUT2D eigenvalue weighted by Gasteiger charge is -2.27. The molecule has 0 aliphatic carbocycles. The van der Waals surface area contributed by atoms with Crippen LogP contribution in [0, 0.1) is 10.1 Å². The lowest BCUT2D eigenvalue weighted by atomic mass is 10.1. The zero-order valence-electron chi connectivity index (χ0n) is 9.36. The number of halogens is 2. The van der Waals surface area contributed by atoms with Gasteiger partial charge in [-0.25, -0.2) is 0 Å². The number of carbonyl (C=O) groups is 1. The van der Waals surface area contributed by atoms with Crippen molar-refractivity contribution in [2.45, 2.75) is 12.8 Å². The number of Topliss-reactive ketones (excluding diaryl/α,β-unsaturated/α-hetero) is 1. The standard InChI is InChI=1S/C11H10Cl2N2O3/c12-8-5-10(11(15(17)18)6-9(8)13)14-3-1-7(16)2-4-14/h5-6H,1-4H2. The van der Waals surface area contributed by atoms with E-state index in [1.54, 1.807) is 4.90 Å². The summed E-state index contributed by atoms with van der Waals surface area (Å²) in [4.78, 5) is 23.5. The van der Waals surface area contributed by atoms with Crippen molar-refractivity contribution in [3.05, 3.63) is 32.3 Å². The molecule has 1 aliphatic heterocycles. The number of ketones is 1. The third kappa shape index (κ3) is 2.57. The maximum absolute atomic E-state index is 11.2. The van der Waals surface area contributed by atoms with Crippen LogP contribution in [0.5, 0.6) is 0 Å². The van der Waals surface area contributed by atoms with Gasteiger partial charge in [-0.05, 0) is 6.07 Å². The van der Waals surface area contributed by atoms with Crippen LogP contribution in [0.4, 0.5) is 11.4 Å². The van der Waals surface area contributed by atoms with E-state index in [0.29, 0.717) is 31.6 Å². The van der Waals surface area contributed by atoms with Crippen LogP contribution in [0.3, 0.4) is 0 Å². The lowest BCUT2D eigenvalue weighted by molar-refractivity contribution is -0.384. The Bertz CT molecular complexity index is 509. The number of anilines is 1. The quantitative estimate of drug-likeness (QED) is 0.620. The molecule has 0 radical (unpaired) electrons. The van der Waals surface area contributed by atoms with E-state index in [1.807, 2.05) is 0 Å². The predicted octanol–water partition coefficient (Wildman–Crippen LogP) is 3.07. The number of hydrogen-bond acceptors (Lipinski definition) is 4. The molecule has 5 nitrogen and oxygen atoms in total. The summed E-state index contributed by atoms with van der Waals surface area (Å²) in [6, 6.07) is 2.73. The first kappa shape index (κ1) is 13.1. The van der Waals surface area contributed by atoms with Crippen molar-refractivity contribution in [2.24, 2.45) is 0 Å². The van der Waals surface area contributed by atoms with E-state index in [2.05, 4.69) is 0 Å². The van der Waals surface area contributed by atoms with Gasteiger partial charge in [0.05, 0.1) is 15.0 Å². The zero-order chi connectivity index (χ0) is 13.3. The maximum Gasteiger partial charge on any atom is 0.294 e. The van der Waals surface area contributed by atoms with Gasteiger partial charge in [0, 0.05) is 32.0 Å². The lowest BCUT2D eigenvalue weighted by Crippen LogP contribution is -2.34. The van der Waals surface area contributed by atoms with E-state index in [1.165, 1.54) is 12.1 Å². The summed E-state index contributed by atoms with van der Waals surface area (Å²) in [5.74, 6) is 0.175. The van der Waals surface area contributed by atoms with Crippen LogP contribution in [0.25, 0.3) is 0 Å². The molecule has 1 aromatic carbocycles. The smallest absolute Gasteiger partial charge is 0.294 e. The summed E-state index contributed by atoms with van der Waals surface area (Å²) >= 11 is 11.7. The highest BCUT2D eigenvalue weighted by Gasteiger charge is 2.25. The third-order valence-electron chi connectivity index (χ3n) is 2.88. The van der Waals surface area contributed by atoms with Crippen LogP contribution in [-0.2, 0) is 4.79 Å². The minimum absolute atomic E-state index is 0.0845. The molecule has 0 spiro atoms. The summed E-state index contributed by atoms with van der Waals surface area (Å²) < 4.78 is 0. The number of piperidine rings is 1. The second kappa shape index (κ2) is 5.12. The van der Waals surface area contributed by atoms with Gasteiger partial charge in [-0.2, -0.15) is 0 Å². The van der Waals surface area contributed by atoms with E-state index in [-0.39, 0.29) is 21.5 Å². The predicted molar refractivity (Wildman–Crippen MR) is 69.6 cm³/mol. The van der Waals surface area contributed by atoms with E-state index < -0.39 is 4.92 Å². The molecule has 7 heteroatoms. The molecular weight excluding hydrogens is 279 g/mol. The maximum atomic E-state index is 11.2. The molecule has 96 valence electrons. The first-order valence-corrected chi connectivity index (χ1v) is 6.14. The molecule has 1 aromatic rings. The van der Waals surface area contributed by atoms with Gasteiger partial charge in [0.2, 0.25) is 0 Å². The molecule has 0 unspecified atom stereocenters. The Morgan fingerprint density at radius 2 is 1.72 bits per heavy atom. The number of nitrogens with zero attached hydrogens (tertiary/aromatic N) is 2. The number of hydrogen-bond donors (Lipinski definition) is 0. The topological polar surface area (TPSA) is 63.5 Å². The Morgan fingerprint density at radius 3 is 2.28 bits per heavy atom. The highest BCUT2D eigenvalue weighted by atomic mass is 35.5. The number of carbonyl (C=O) groups excluding carboxylic acids is 1. The summed E-state index contributed by atoms with van der Waals surface area (Å²) in [7, 11) is 0. The molecule has 0 bridgehead atoms. The molecule has 0 atom stereocenters. The first-order valence-electron chi connectivity index (χ1n) is 5.39. The largest absolute Gasteiger partial charge is 0.365 e. The first-order chi connectivity index (χ1) is 8.49. The van der Waals surface area contributed by atoms with Crippen molar-refractivity contribution >= 4 is 40.4 Å². The average molecular weight is 289 g/mol. The van der Waals surface area contributed by atoms with E-state index in [4.69, 9.17) is 23.2 Å². The van der Waals surface area contributed by atoms with Crippen LogP contribution in [0.1, 0.15) is 12.8 Å². The SMILES string of the molecule is O=C1CCN(c2cc(Cl)c(Cl)cc2[N+](=O)[O-])CC1. The van der Waals surface area contributed by atoms with Crippen LogP contribution in [-0.4, -0.2) is 23.8 Å². The van der Waals surface area contributed by atoms with Crippen molar-refractivity contribution in [2.75, 3.05) is 18.0 Å². The molecule has 1 aliphatic rings.